The first-order valence-corrected chi connectivity index (χ1v) is 16.9. The van der Waals surface area contributed by atoms with Crippen LogP contribution in [0.5, 0.6) is 5.75 Å². The molecule has 6 rings (SSSR count). The first-order valence-electron chi connectivity index (χ1n) is 15.1. The van der Waals surface area contributed by atoms with E-state index in [-0.39, 0.29) is 24.6 Å². The van der Waals surface area contributed by atoms with Crippen LogP contribution in [-0.2, 0) is 26.8 Å². The van der Waals surface area contributed by atoms with Gasteiger partial charge in [-0.15, -0.1) is 0 Å². The number of nitrogens with one attached hydrogen (secondary N) is 1. The lowest BCUT2D eigenvalue weighted by Crippen LogP contribution is -2.49. The molecule has 0 unspecified atom stereocenters. The summed E-state index contributed by atoms with van der Waals surface area (Å²) in [5, 5.41) is 0.747. The van der Waals surface area contributed by atoms with E-state index in [0.717, 1.165) is 55.9 Å². The van der Waals surface area contributed by atoms with Crippen molar-refractivity contribution in [3.63, 3.8) is 0 Å². The van der Waals surface area contributed by atoms with Crippen molar-refractivity contribution in [2.75, 3.05) is 44.8 Å². The second-order valence-electron chi connectivity index (χ2n) is 12.1. The third-order valence-electron chi connectivity index (χ3n) is 9.71. The van der Waals surface area contributed by atoms with Gasteiger partial charge < -0.3 is 14.4 Å². The molecular formula is C32H40ClN3O5S. The lowest BCUT2D eigenvalue weighted by Gasteiger charge is -2.46. The first-order chi connectivity index (χ1) is 20.2. The average Bonchev–Trinajstić information content (AvgIpc) is 3.10. The van der Waals surface area contributed by atoms with E-state index in [1.54, 1.807) is 26.2 Å². The fraction of sp³-hybridized carbons (Fsp3) is 0.531. The highest BCUT2D eigenvalue weighted by Gasteiger charge is 2.44. The molecule has 1 N–H and O–H groups in total. The number of fused-ring (bicyclic) bond motifs is 4. The largest absolute Gasteiger partial charge is 0.490 e. The van der Waals surface area contributed by atoms with Crippen LogP contribution in [0.4, 0.5) is 5.69 Å². The van der Waals surface area contributed by atoms with Gasteiger partial charge >= 0.3 is 10.2 Å². The number of ether oxygens (including phenoxy) is 2. The molecule has 4 atom stereocenters. The van der Waals surface area contributed by atoms with E-state index in [1.807, 2.05) is 18.2 Å². The minimum Gasteiger partial charge on any atom is -0.490 e. The second kappa shape index (κ2) is 11.8. The van der Waals surface area contributed by atoms with Gasteiger partial charge in [0.05, 0.1) is 18.4 Å². The van der Waals surface area contributed by atoms with E-state index in [0.29, 0.717) is 36.2 Å². The van der Waals surface area contributed by atoms with Crippen LogP contribution in [0.15, 0.2) is 48.6 Å². The van der Waals surface area contributed by atoms with Crippen molar-refractivity contribution in [1.82, 2.24) is 9.03 Å². The molecule has 2 aliphatic heterocycles. The van der Waals surface area contributed by atoms with E-state index in [9.17, 15) is 13.2 Å². The van der Waals surface area contributed by atoms with Crippen LogP contribution >= 0.6 is 11.6 Å². The molecule has 2 bridgehead atoms. The van der Waals surface area contributed by atoms with E-state index in [2.05, 4.69) is 27.8 Å². The zero-order valence-corrected chi connectivity index (χ0v) is 25.9. The van der Waals surface area contributed by atoms with Gasteiger partial charge in [0.15, 0.2) is 0 Å². The summed E-state index contributed by atoms with van der Waals surface area (Å²) in [5.74, 6) is 0.839. The number of rotatable bonds is 2. The van der Waals surface area contributed by atoms with Gasteiger partial charge in [0.1, 0.15) is 5.75 Å². The first kappa shape index (κ1) is 29.5. The summed E-state index contributed by atoms with van der Waals surface area (Å²) in [6, 6.07) is 11.5. The van der Waals surface area contributed by atoms with E-state index in [1.165, 1.54) is 15.4 Å². The summed E-state index contributed by atoms with van der Waals surface area (Å²) in [4.78, 5) is 15.7. The highest BCUT2D eigenvalue weighted by Crippen LogP contribution is 2.47. The van der Waals surface area contributed by atoms with Crippen molar-refractivity contribution in [3.8, 4) is 5.75 Å². The predicted octanol–water partition coefficient (Wildman–Crippen LogP) is 5.11. The Kier molecular flexibility index (Phi) is 8.30. The van der Waals surface area contributed by atoms with E-state index < -0.39 is 16.1 Å². The molecule has 2 aromatic carbocycles. The van der Waals surface area contributed by atoms with Gasteiger partial charge in [0.25, 0.3) is 5.91 Å². The van der Waals surface area contributed by atoms with Gasteiger partial charge in [-0.25, -0.2) is 4.72 Å². The Morgan fingerprint density at radius 3 is 2.81 bits per heavy atom. The molecule has 2 aromatic rings. The van der Waals surface area contributed by atoms with Crippen LogP contribution in [-0.4, -0.2) is 64.6 Å². The minimum absolute atomic E-state index is 0.0383. The number of carbonyl (C=O) groups is 1. The van der Waals surface area contributed by atoms with E-state index in [4.69, 9.17) is 21.1 Å². The highest BCUT2D eigenvalue weighted by molar-refractivity contribution is 7.87. The third kappa shape index (κ3) is 5.56. The van der Waals surface area contributed by atoms with Gasteiger partial charge in [0, 0.05) is 49.3 Å². The van der Waals surface area contributed by atoms with Crippen LogP contribution in [0, 0.1) is 11.8 Å². The van der Waals surface area contributed by atoms with Crippen LogP contribution in [0.25, 0.3) is 0 Å². The van der Waals surface area contributed by atoms with Gasteiger partial charge in [-0.2, -0.15) is 12.7 Å². The van der Waals surface area contributed by atoms with Gasteiger partial charge in [-0.3, -0.25) is 4.79 Å². The summed E-state index contributed by atoms with van der Waals surface area (Å²) in [7, 11) is -2.26. The number of hydrogen-bond donors (Lipinski definition) is 1. The quantitative estimate of drug-likeness (QED) is 0.474. The summed E-state index contributed by atoms with van der Waals surface area (Å²) in [6.45, 7) is 4.36. The Hall–Kier alpha value is -2.59. The molecule has 0 radical (unpaired) electrons. The molecule has 0 aromatic heterocycles. The van der Waals surface area contributed by atoms with Crippen molar-refractivity contribution in [3.05, 3.63) is 70.3 Å². The molecule has 4 aliphatic rings. The van der Waals surface area contributed by atoms with Crippen LogP contribution in [0.3, 0.4) is 0 Å². The Bertz CT molecular complexity index is 1480. The van der Waals surface area contributed by atoms with Crippen molar-refractivity contribution in [2.24, 2.45) is 11.8 Å². The number of halogens is 1. The lowest BCUT2D eigenvalue weighted by molar-refractivity contribution is 0.0131. The maximum atomic E-state index is 13.3. The van der Waals surface area contributed by atoms with Crippen molar-refractivity contribution in [1.29, 1.82) is 0 Å². The van der Waals surface area contributed by atoms with Crippen LogP contribution in [0.1, 0.15) is 60.5 Å². The highest BCUT2D eigenvalue weighted by atomic mass is 35.5. The second-order valence-corrected chi connectivity index (χ2v) is 14.2. The van der Waals surface area contributed by atoms with Crippen molar-refractivity contribution >= 4 is 33.4 Å². The van der Waals surface area contributed by atoms with Gasteiger partial charge in [0.2, 0.25) is 0 Å². The Balaban J connectivity index is 1.42. The molecule has 1 saturated carbocycles. The average molecular weight is 614 g/mol. The molecule has 1 fully saturated rings. The molecule has 1 spiro atoms. The van der Waals surface area contributed by atoms with Gasteiger partial charge in [-0.05, 0) is 91.8 Å². The fourth-order valence-corrected chi connectivity index (χ4v) is 8.69. The fourth-order valence-electron chi connectivity index (χ4n) is 7.33. The summed E-state index contributed by atoms with van der Waals surface area (Å²) >= 11 is 6.40. The summed E-state index contributed by atoms with van der Waals surface area (Å²) in [5.41, 5.74) is 3.44. The van der Waals surface area contributed by atoms with E-state index >= 15 is 0 Å². The Morgan fingerprint density at radius 1 is 1.19 bits per heavy atom. The number of hydrogen-bond acceptors (Lipinski definition) is 6. The summed E-state index contributed by atoms with van der Waals surface area (Å²) in [6.07, 6.45) is 9.80. The Labute approximate surface area is 254 Å². The smallest absolute Gasteiger partial charge is 0.304 e. The van der Waals surface area contributed by atoms with Crippen molar-refractivity contribution in [2.45, 2.75) is 57.0 Å². The molecule has 0 saturated heterocycles. The monoisotopic (exact) mass is 613 g/mol. The predicted molar refractivity (Wildman–Crippen MR) is 165 cm³/mol. The number of carbonyl (C=O) groups excluding carboxylic acids is 1. The number of methoxy groups -OCH3 is 1. The van der Waals surface area contributed by atoms with Crippen molar-refractivity contribution < 1.29 is 22.7 Å². The van der Waals surface area contributed by atoms with Crippen LogP contribution < -0.4 is 14.4 Å². The number of nitrogens with zero attached hydrogens (tertiary/aromatic N) is 2. The molecule has 42 heavy (non-hydrogen) atoms. The molecule has 8 nitrogen and oxygen atoms in total. The topological polar surface area (TPSA) is 88.2 Å². The number of aryl methyl sites for hydroxylation is 1. The standard InChI is InChI=1S/C32H40ClN3O5S/c1-3-36-16-5-4-8-29(40-2)26-12-9-24(26)19-35-20-32(15-6-7-22-17-25(33)11-13-27(22)32)21-41-30-14-10-23(18-28(30)35)31(37)34-42(36,38)39/h4,8,10-11,13-14,17-18,24,26,29H,3,5-7,9,12,15-16,19-21H2,1-2H3,(H,34,37)/b8-4+/t24-,26+,29-,32-/m0/s1. The van der Waals surface area contributed by atoms with Crippen LogP contribution in [0.2, 0.25) is 5.02 Å². The SMILES string of the molecule is CCN1CC/C=C/[C@H](OC)[C@@H]2CC[C@H]2CN2C[C@@]3(CCCc4cc(Cl)ccc43)COc3ccc(cc32)C(=O)NS1(=O)=O. The maximum absolute atomic E-state index is 13.3. The maximum Gasteiger partial charge on any atom is 0.304 e. The number of anilines is 1. The zero-order valence-electron chi connectivity index (χ0n) is 24.4. The molecule has 226 valence electrons. The summed E-state index contributed by atoms with van der Waals surface area (Å²) < 4.78 is 42.4. The molecule has 2 heterocycles. The minimum atomic E-state index is -4.01. The lowest BCUT2D eigenvalue weighted by atomic mass is 9.68. The Morgan fingerprint density at radius 2 is 2.05 bits per heavy atom. The molecule has 2 aliphatic carbocycles. The normalized spacial score (nSPS) is 30.2. The zero-order chi connectivity index (χ0) is 29.5. The molecule has 1 amide bonds. The third-order valence-corrected chi connectivity index (χ3v) is 11.5. The number of amides is 1. The molecular weight excluding hydrogens is 574 g/mol. The van der Waals surface area contributed by atoms with Gasteiger partial charge in [-0.1, -0.05) is 36.7 Å². The number of benzene rings is 2. The molecule has 10 heteroatoms.